The lowest BCUT2D eigenvalue weighted by Crippen LogP contribution is -2.14. The fraction of sp³-hybridized carbons (Fsp3) is 0.519. The van der Waals surface area contributed by atoms with Crippen LogP contribution >= 0.6 is 0 Å². The van der Waals surface area contributed by atoms with Gasteiger partial charge in [0.15, 0.2) is 11.4 Å². The first-order valence-electron chi connectivity index (χ1n) is 12.4. The summed E-state index contributed by atoms with van der Waals surface area (Å²) in [4.78, 5) is 22.7. The number of imidazole rings is 1. The van der Waals surface area contributed by atoms with Gasteiger partial charge in [0.1, 0.15) is 16.9 Å². The highest BCUT2D eigenvalue weighted by atomic mass is 16.5. The molecule has 0 aliphatic carbocycles. The van der Waals surface area contributed by atoms with Gasteiger partial charge >= 0.3 is 5.97 Å². The molecule has 1 atom stereocenters. The van der Waals surface area contributed by atoms with E-state index in [0.717, 1.165) is 46.5 Å². The van der Waals surface area contributed by atoms with Gasteiger partial charge in [0.05, 0.1) is 17.0 Å². The van der Waals surface area contributed by atoms with Gasteiger partial charge in [-0.15, -0.1) is 0 Å². The zero-order chi connectivity index (χ0) is 23.7. The van der Waals surface area contributed by atoms with Gasteiger partial charge in [-0.3, -0.25) is 9.20 Å². The summed E-state index contributed by atoms with van der Waals surface area (Å²) in [5.74, 6) is 1.82. The van der Waals surface area contributed by atoms with E-state index in [0.29, 0.717) is 11.7 Å². The lowest BCUT2D eigenvalue weighted by atomic mass is 9.99. The molecule has 3 heterocycles. The standard InChI is InChI=1S/C27H36N4O2/c1-7-9-12-19(8-2)15-30-16-22(33-27(32)18(5)6)23-25(30)29-24(17(3)4)31-21-14-11-10-13-20(21)28-26(23)31/h10-11,13-14,16-19H,7-9,12,15H2,1-6H3. The van der Waals surface area contributed by atoms with Crippen LogP contribution in [0.1, 0.15) is 79.0 Å². The number of carbonyl (C=O) groups excluding carboxylic acids is 1. The first kappa shape index (κ1) is 23.3. The molecule has 176 valence electrons. The van der Waals surface area contributed by atoms with Crippen molar-refractivity contribution >= 4 is 33.7 Å². The lowest BCUT2D eigenvalue weighted by Gasteiger charge is -2.16. The van der Waals surface area contributed by atoms with Crippen LogP contribution in [0, 0.1) is 11.8 Å². The summed E-state index contributed by atoms with van der Waals surface area (Å²) in [7, 11) is 0. The molecule has 1 aromatic carbocycles. The van der Waals surface area contributed by atoms with Crippen molar-refractivity contribution in [2.75, 3.05) is 0 Å². The lowest BCUT2D eigenvalue weighted by molar-refractivity contribution is -0.137. The second-order valence-corrected chi connectivity index (χ2v) is 9.72. The topological polar surface area (TPSA) is 61.4 Å². The minimum atomic E-state index is -0.241. The van der Waals surface area contributed by atoms with Crippen molar-refractivity contribution in [1.82, 2.24) is 18.9 Å². The number of unbranched alkanes of at least 4 members (excludes halogenated alkanes) is 1. The summed E-state index contributed by atoms with van der Waals surface area (Å²) in [6.45, 7) is 13.4. The molecule has 0 aliphatic rings. The first-order valence-corrected chi connectivity index (χ1v) is 12.4. The van der Waals surface area contributed by atoms with E-state index in [4.69, 9.17) is 14.7 Å². The summed E-state index contributed by atoms with van der Waals surface area (Å²) in [5.41, 5.74) is 3.59. The van der Waals surface area contributed by atoms with Crippen molar-refractivity contribution in [3.63, 3.8) is 0 Å². The van der Waals surface area contributed by atoms with Crippen LogP contribution in [0.5, 0.6) is 5.75 Å². The van der Waals surface area contributed by atoms with E-state index < -0.39 is 0 Å². The van der Waals surface area contributed by atoms with E-state index in [1.807, 2.05) is 38.2 Å². The van der Waals surface area contributed by atoms with Crippen LogP contribution in [0.2, 0.25) is 0 Å². The largest absolute Gasteiger partial charge is 0.424 e. The number of esters is 1. The van der Waals surface area contributed by atoms with Crippen LogP contribution in [0.15, 0.2) is 30.5 Å². The van der Waals surface area contributed by atoms with Crippen LogP contribution in [-0.4, -0.2) is 24.9 Å². The van der Waals surface area contributed by atoms with Crippen molar-refractivity contribution in [3.05, 3.63) is 36.3 Å². The Hall–Kier alpha value is -2.89. The molecule has 0 radical (unpaired) electrons. The van der Waals surface area contributed by atoms with E-state index in [1.165, 1.54) is 19.3 Å². The van der Waals surface area contributed by atoms with Gasteiger partial charge in [-0.2, -0.15) is 0 Å². The molecule has 6 nitrogen and oxygen atoms in total. The monoisotopic (exact) mass is 448 g/mol. The van der Waals surface area contributed by atoms with Gasteiger partial charge in [0.2, 0.25) is 0 Å². The summed E-state index contributed by atoms with van der Waals surface area (Å²) in [6.07, 6.45) is 6.66. The number of aromatic nitrogens is 4. The third kappa shape index (κ3) is 4.35. The highest BCUT2D eigenvalue weighted by Gasteiger charge is 2.24. The number of hydrogen-bond donors (Lipinski definition) is 0. The number of rotatable bonds is 9. The van der Waals surface area contributed by atoms with Crippen molar-refractivity contribution in [1.29, 1.82) is 0 Å². The Morgan fingerprint density at radius 3 is 2.48 bits per heavy atom. The van der Waals surface area contributed by atoms with Crippen LogP contribution < -0.4 is 4.74 Å². The van der Waals surface area contributed by atoms with Gasteiger partial charge in [0, 0.05) is 18.7 Å². The molecule has 0 amide bonds. The summed E-state index contributed by atoms with van der Waals surface area (Å²) < 4.78 is 10.2. The highest BCUT2D eigenvalue weighted by molar-refractivity contribution is 6.01. The van der Waals surface area contributed by atoms with Gasteiger partial charge < -0.3 is 9.30 Å². The molecule has 4 aromatic rings. The van der Waals surface area contributed by atoms with Crippen molar-refractivity contribution in [3.8, 4) is 5.75 Å². The van der Waals surface area contributed by atoms with E-state index in [2.05, 4.69) is 42.7 Å². The Morgan fingerprint density at radius 2 is 1.82 bits per heavy atom. The third-order valence-corrected chi connectivity index (χ3v) is 6.45. The Labute approximate surface area is 196 Å². The zero-order valence-electron chi connectivity index (χ0n) is 20.8. The molecule has 3 aromatic heterocycles. The molecule has 1 unspecified atom stereocenters. The van der Waals surface area contributed by atoms with Crippen LogP contribution in [0.3, 0.4) is 0 Å². The smallest absolute Gasteiger partial charge is 0.313 e. The maximum absolute atomic E-state index is 12.6. The predicted octanol–water partition coefficient (Wildman–Crippen LogP) is 6.74. The van der Waals surface area contributed by atoms with Gasteiger partial charge in [-0.05, 0) is 24.5 Å². The van der Waals surface area contributed by atoms with Crippen LogP contribution in [0.25, 0.3) is 27.7 Å². The normalized spacial score (nSPS) is 13.1. The minimum Gasteiger partial charge on any atom is -0.424 e. The molecule has 4 rings (SSSR count). The molecular formula is C27H36N4O2. The molecular weight excluding hydrogens is 412 g/mol. The maximum atomic E-state index is 12.6. The molecule has 0 saturated heterocycles. The van der Waals surface area contributed by atoms with Gasteiger partial charge in [0.25, 0.3) is 0 Å². The molecule has 0 spiro atoms. The fourth-order valence-corrected chi connectivity index (χ4v) is 4.46. The van der Waals surface area contributed by atoms with Gasteiger partial charge in [-0.1, -0.05) is 72.9 Å². The Balaban J connectivity index is 2.00. The minimum absolute atomic E-state index is 0.210. The second-order valence-electron chi connectivity index (χ2n) is 9.72. The van der Waals surface area contributed by atoms with E-state index in [9.17, 15) is 4.79 Å². The zero-order valence-corrected chi connectivity index (χ0v) is 20.8. The van der Waals surface area contributed by atoms with Crippen molar-refractivity contribution in [2.24, 2.45) is 11.8 Å². The predicted molar refractivity (Wildman–Crippen MR) is 134 cm³/mol. The number of fused-ring (bicyclic) bond motifs is 5. The maximum Gasteiger partial charge on any atom is 0.313 e. The quantitative estimate of drug-likeness (QED) is 0.266. The Morgan fingerprint density at radius 1 is 1.06 bits per heavy atom. The average molecular weight is 449 g/mol. The number of carbonyl (C=O) groups is 1. The number of para-hydroxylation sites is 2. The SMILES string of the molecule is CCCCC(CC)Cn1cc(OC(=O)C(C)C)c2c1nc(C(C)C)n1c3ccccc3nc21. The molecule has 0 bridgehead atoms. The Kier molecular flexibility index (Phi) is 6.73. The molecule has 6 heteroatoms. The second kappa shape index (κ2) is 9.54. The molecule has 0 saturated carbocycles. The van der Waals surface area contributed by atoms with Crippen LogP contribution in [-0.2, 0) is 11.3 Å². The number of ether oxygens (including phenoxy) is 1. The average Bonchev–Trinajstić information content (AvgIpc) is 3.34. The number of benzene rings is 1. The van der Waals surface area contributed by atoms with Crippen LogP contribution in [0.4, 0.5) is 0 Å². The highest BCUT2D eigenvalue weighted by Crippen LogP contribution is 2.36. The fourth-order valence-electron chi connectivity index (χ4n) is 4.46. The van der Waals surface area contributed by atoms with Crippen molar-refractivity contribution < 1.29 is 9.53 Å². The molecule has 0 N–H and O–H groups in total. The number of nitrogens with zero attached hydrogens (tertiary/aromatic N) is 4. The molecule has 33 heavy (non-hydrogen) atoms. The Bertz CT molecular complexity index is 1280. The summed E-state index contributed by atoms with van der Waals surface area (Å²) >= 11 is 0. The summed E-state index contributed by atoms with van der Waals surface area (Å²) in [5, 5.41) is 0.815. The van der Waals surface area contributed by atoms with E-state index in [1.54, 1.807) is 0 Å². The molecule has 0 aliphatic heterocycles. The van der Waals surface area contributed by atoms with Gasteiger partial charge in [-0.25, -0.2) is 9.97 Å². The third-order valence-electron chi connectivity index (χ3n) is 6.45. The number of hydrogen-bond acceptors (Lipinski definition) is 4. The van der Waals surface area contributed by atoms with E-state index >= 15 is 0 Å². The summed E-state index contributed by atoms with van der Waals surface area (Å²) in [6, 6.07) is 8.12. The molecule has 0 fully saturated rings. The first-order chi connectivity index (χ1) is 15.8. The van der Waals surface area contributed by atoms with E-state index in [-0.39, 0.29) is 17.8 Å². The van der Waals surface area contributed by atoms with Crippen molar-refractivity contribution in [2.45, 2.75) is 79.7 Å².